The zero-order chi connectivity index (χ0) is 24.0. The minimum atomic E-state index is -0.363. The van der Waals surface area contributed by atoms with Crippen molar-refractivity contribution < 1.29 is 19.0 Å². The van der Waals surface area contributed by atoms with Crippen LogP contribution in [0.3, 0.4) is 0 Å². The summed E-state index contributed by atoms with van der Waals surface area (Å²) >= 11 is 3.62. The van der Waals surface area contributed by atoms with Gasteiger partial charge in [0.1, 0.15) is 0 Å². The molecule has 6 heteroatoms. The first-order chi connectivity index (χ1) is 17.2. The minimum Gasteiger partial charge on any atom is -0.493 e. The van der Waals surface area contributed by atoms with E-state index in [2.05, 4.69) is 63.6 Å². The molecule has 2 fully saturated rings. The maximum atomic E-state index is 6.63. The molecule has 2 saturated carbocycles. The molecule has 2 aromatic carbocycles. The van der Waals surface area contributed by atoms with E-state index in [0.29, 0.717) is 11.2 Å². The van der Waals surface area contributed by atoms with E-state index in [1.54, 1.807) is 7.11 Å². The molecule has 1 aliphatic heterocycles. The first-order valence-corrected chi connectivity index (χ1v) is 14.2. The highest BCUT2D eigenvalue weighted by molar-refractivity contribution is 9.09. The topological polar surface area (TPSA) is 49.3 Å². The zero-order valence-corrected chi connectivity index (χ0v) is 22.1. The Morgan fingerprint density at radius 2 is 1.69 bits per heavy atom. The van der Waals surface area contributed by atoms with Gasteiger partial charge < -0.3 is 19.0 Å². The van der Waals surface area contributed by atoms with E-state index in [-0.39, 0.29) is 24.4 Å². The Kier molecular flexibility index (Phi) is 8.30. The second-order valence-electron chi connectivity index (χ2n) is 9.95. The third-order valence-corrected chi connectivity index (χ3v) is 8.27. The molecule has 1 unspecified atom stereocenters. The van der Waals surface area contributed by atoms with Gasteiger partial charge in [-0.15, -0.1) is 0 Å². The number of rotatable bonds is 8. The number of ether oxygens (including phenoxy) is 3. The van der Waals surface area contributed by atoms with Gasteiger partial charge in [0, 0.05) is 23.6 Å². The van der Waals surface area contributed by atoms with Gasteiger partial charge in [0.05, 0.1) is 25.0 Å². The van der Waals surface area contributed by atoms with Gasteiger partial charge in [-0.2, -0.15) is 0 Å². The van der Waals surface area contributed by atoms with Gasteiger partial charge in [-0.1, -0.05) is 70.3 Å². The molecule has 188 valence electrons. The summed E-state index contributed by atoms with van der Waals surface area (Å²) < 4.78 is 18.6. The third kappa shape index (κ3) is 5.86. The van der Waals surface area contributed by atoms with Crippen molar-refractivity contribution in [3.05, 3.63) is 59.7 Å². The molecular weight excluding hydrogens is 506 g/mol. The van der Waals surface area contributed by atoms with Crippen LogP contribution in [0.15, 0.2) is 53.7 Å². The van der Waals surface area contributed by atoms with Crippen LogP contribution in [0.2, 0.25) is 0 Å². The molecule has 1 heterocycles. The fraction of sp³-hybridized carbons (Fsp3) is 0.552. The lowest BCUT2D eigenvalue weighted by atomic mass is 9.81. The van der Waals surface area contributed by atoms with Crippen LogP contribution in [0.5, 0.6) is 11.5 Å². The summed E-state index contributed by atoms with van der Waals surface area (Å²) in [6.07, 6.45) is 10.1. The standard InChI is InChI=1S/C29H36BrNO4/c1-32-27-16-15-21(17-28(27)33-22-11-5-6-12-22)24-18-29(35-31-25(24)19-30)34-26-14-8-7-13-23(26)20-9-3-2-4-10-20/h2-4,9-10,15-17,22-24,26,29H,5-8,11-14,18-19H2,1H3/t23-,24+,26+,29?/m1/s1. The summed E-state index contributed by atoms with van der Waals surface area (Å²) in [6, 6.07) is 17.0. The average molecular weight is 543 g/mol. The van der Waals surface area contributed by atoms with Crippen molar-refractivity contribution in [2.75, 3.05) is 12.4 Å². The van der Waals surface area contributed by atoms with Crippen molar-refractivity contribution in [1.29, 1.82) is 0 Å². The van der Waals surface area contributed by atoms with E-state index in [1.807, 2.05) is 6.07 Å². The number of halogens is 1. The average Bonchev–Trinajstić information content (AvgIpc) is 3.42. The van der Waals surface area contributed by atoms with E-state index < -0.39 is 0 Å². The Morgan fingerprint density at radius 1 is 0.914 bits per heavy atom. The van der Waals surface area contributed by atoms with Gasteiger partial charge in [0.2, 0.25) is 6.29 Å². The summed E-state index contributed by atoms with van der Waals surface area (Å²) in [5.41, 5.74) is 3.50. The monoisotopic (exact) mass is 541 g/mol. The summed E-state index contributed by atoms with van der Waals surface area (Å²) in [5.74, 6) is 2.11. The van der Waals surface area contributed by atoms with E-state index in [0.717, 1.165) is 54.9 Å². The molecule has 2 aromatic rings. The Balaban J connectivity index is 1.33. The molecular formula is C29H36BrNO4. The maximum Gasteiger partial charge on any atom is 0.228 e. The highest BCUT2D eigenvalue weighted by Gasteiger charge is 2.35. The first kappa shape index (κ1) is 24.6. The fourth-order valence-corrected chi connectivity index (χ4v) is 6.31. The zero-order valence-electron chi connectivity index (χ0n) is 20.5. The fourth-order valence-electron chi connectivity index (χ4n) is 5.81. The first-order valence-electron chi connectivity index (χ1n) is 13.1. The highest BCUT2D eigenvalue weighted by Crippen LogP contribution is 2.40. The molecule has 0 amide bonds. The summed E-state index contributed by atoms with van der Waals surface area (Å²) in [6.45, 7) is 0. The van der Waals surface area contributed by atoms with Gasteiger partial charge in [-0.3, -0.25) is 0 Å². The van der Waals surface area contributed by atoms with Crippen molar-refractivity contribution in [2.24, 2.45) is 5.16 Å². The number of hydrogen-bond donors (Lipinski definition) is 0. The molecule has 3 aliphatic rings. The van der Waals surface area contributed by atoms with Crippen molar-refractivity contribution in [3.8, 4) is 11.5 Å². The quantitative estimate of drug-likeness (QED) is 0.328. The molecule has 4 atom stereocenters. The molecule has 5 nitrogen and oxygen atoms in total. The number of alkyl halides is 1. The molecule has 5 rings (SSSR count). The van der Waals surface area contributed by atoms with Crippen LogP contribution in [0, 0.1) is 0 Å². The van der Waals surface area contributed by atoms with E-state index in [9.17, 15) is 0 Å². The van der Waals surface area contributed by atoms with Crippen LogP contribution in [0.4, 0.5) is 0 Å². The van der Waals surface area contributed by atoms with Gasteiger partial charge >= 0.3 is 0 Å². The summed E-state index contributed by atoms with van der Waals surface area (Å²) in [7, 11) is 1.70. The van der Waals surface area contributed by atoms with Crippen molar-refractivity contribution >= 4 is 21.6 Å². The number of methoxy groups -OCH3 is 1. The van der Waals surface area contributed by atoms with Crippen LogP contribution >= 0.6 is 15.9 Å². The Bertz CT molecular complexity index is 991. The van der Waals surface area contributed by atoms with E-state index in [1.165, 1.54) is 31.2 Å². The summed E-state index contributed by atoms with van der Waals surface area (Å²) in [4.78, 5) is 5.88. The third-order valence-electron chi connectivity index (χ3n) is 7.70. The smallest absolute Gasteiger partial charge is 0.228 e. The van der Waals surface area contributed by atoms with E-state index >= 15 is 0 Å². The van der Waals surface area contributed by atoms with Crippen LogP contribution in [-0.4, -0.2) is 36.6 Å². The van der Waals surface area contributed by atoms with Gasteiger partial charge in [-0.05, 0) is 61.8 Å². The molecule has 0 saturated heterocycles. The predicted molar refractivity (Wildman–Crippen MR) is 142 cm³/mol. The van der Waals surface area contributed by atoms with E-state index in [4.69, 9.17) is 19.0 Å². The molecule has 0 radical (unpaired) electrons. The second-order valence-corrected chi connectivity index (χ2v) is 10.5. The number of nitrogens with zero attached hydrogens (tertiary/aromatic N) is 1. The second kappa shape index (κ2) is 11.8. The SMILES string of the molecule is COc1ccc([C@@H]2CC(O[C@H]3CCCC[C@@H]3c3ccccc3)ON=C2CBr)cc1OC1CCCC1. The van der Waals surface area contributed by atoms with Gasteiger partial charge in [0.25, 0.3) is 0 Å². The Labute approximate surface area is 217 Å². The van der Waals surface area contributed by atoms with Gasteiger partial charge in [-0.25, -0.2) is 0 Å². The van der Waals surface area contributed by atoms with Crippen molar-refractivity contribution in [2.45, 2.75) is 88.1 Å². The molecule has 0 spiro atoms. The van der Waals surface area contributed by atoms with Crippen LogP contribution in [-0.2, 0) is 9.57 Å². The normalized spacial score (nSPS) is 27.2. The minimum absolute atomic E-state index is 0.101. The molecule has 0 N–H and O–H groups in total. The largest absolute Gasteiger partial charge is 0.493 e. The molecule has 2 aliphatic carbocycles. The Morgan fingerprint density at radius 3 is 2.46 bits per heavy atom. The van der Waals surface area contributed by atoms with Gasteiger partial charge in [0.15, 0.2) is 11.5 Å². The lowest BCUT2D eigenvalue weighted by Gasteiger charge is -2.36. The van der Waals surface area contributed by atoms with Crippen LogP contribution in [0.25, 0.3) is 0 Å². The van der Waals surface area contributed by atoms with Crippen molar-refractivity contribution in [1.82, 2.24) is 0 Å². The molecule has 0 aromatic heterocycles. The highest BCUT2D eigenvalue weighted by atomic mass is 79.9. The number of benzene rings is 2. The lowest BCUT2D eigenvalue weighted by Crippen LogP contribution is -2.35. The van der Waals surface area contributed by atoms with Crippen molar-refractivity contribution in [3.63, 3.8) is 0 Å². The predicted octanol–water partition coefficient (Wildman–Crippen LogP) is 7.34. The number of hydrogen-bond acceptors (Lipinski definition) is 5. The Hall–Kier alpha value is -2.05. The molecule has 35 heavy (non-hydrogen) atoms. The van der Waals surface area contributed by atoms with Crippen LogP contribution in [0.1, 0.15) is 80.8 Å². The molecule has 0 bridgehead atoms. The van der Waals surface area contributed by atoms with Crippen LogP contribution < -0.4 is 9.47 Å². The maximum absolute atomic E-state index is 6.63. The number of oxime groups is 1. The lowest BCUT2D eigenvalue weighted by molar-refractivity contribution is -0.189. The summed E-state index contributed by atoms with van der Waals surface area (Å²) in [5, 5.41) is 5.16.